The number of piperidine rings is 1. The van der Waals surface area contributed by atoms with Crippen LogP contribution in [0, 0.1) is 29.2 Å². The summed E-state index contributed by atoms with van der Waals surface area (Å²) in [6.07, 6.45) is 3.30. The van der Waals surface area contributed by atoms with Gasteiger partial charge in [0.1, 0.15) is 17.8 Å². The molecule has 8 nitrogen and oxygen atoms in total. The molecule has 4 rings (SSSR count). The number of hydrogen-bond acceptors (Lipinski definition) is 6. The van der Waals surface area contributed by atoms with Gasteiger partial charge in [-0.1, -0.05) is 0 Å². The zero-order valence-corrected chi connectivity index (χ0v) is 18.0. The fourth-order valence-electron chi connectivity index (χ4n) is 3.87. The molecule has 1 fully saturated rings. The topological polar surface area (TPSA) is 80.0 Å². The van der Waals surface area contributed by atoms with Crippen molar-refractivity contribution in [2.24, 2.45) is 13.0 Å². The predicted octanol–water partition coefficient (Wildman–Crippen LogP) is 2.70. The molecule has 1 aliphatic heterocycles. The van der Waals surface area contributed by atoms with Crippen LogP contribution >= 0.6 is 0 Å². The molecule has 0 unspecified atom stereocenters. The van der Waals surface area contributed by atoms with E-state index in [0.29, 0.717) is 37.9 Å². The molecule has 0 N–H and O–H groups in total. The number of nitrogens with zero attached hydrogens (tertiary/aromatic N) is 7. The van der Waals surface area contributed by atoms with Crippen LogP contribution in [-0.4, -0.2) is 55.7 Å². The first-order chi connectivity index (χ1) is 15.7. The zero-order chi connectivity index (χ0) is 23.7. The van der Waals surface area contributed by atoms with E-state index in [0.717, 1.165) is 12.3 Å². The number of anilines is 1. The molecule has 0 spiro atoms. The Labute approximate surface area is 186 Å². The summed E-state index contributed by atoms with van der Waals surface area (Å²) in [4.78, 5) is 28.3. The lowest BCUT2D eigenvalue weighted by Gasteiger charge is -2.33. The van der Waals surface area contributed by atoms with E-state index in [-0.39, 0.29) is 35.5 Å². The fourth-order valence-corrected chi connectivity index (χ4v) is 3.87. The molecule has 3 aromatic rings. The van der Waals surface area contributed by atoms with Gasteiger partial charge < -0.3 is 9.80 Å². The van der Waals surface area contributed by atoms with Gasteiger partial charge in [0.25, 0.3) is 0 Å². The first kappa shape index (κ1) is 22.6. The van der Waals surface area contributed by atoms with Gasteiger partial charge in [0.15, 0.2) is 23.3 Å². The molecule has 33 heavy (non-hydrogen) atoms. The summed E-state index contributed by atoms with van der Waals surface area (Å²) in [5, 5.41) is 3.92. The monoisotopic (exact) mass is 463 g/mol. The Hall–Kier alpha value is -3.57. The molecule has 3 heterocycles. The maximum atomic E-state index is 14.2. The van der Waals surface area contributed by atoms with E-state index in [1.165, 1.54) is 23.0 Å². The van der Waals surface area contributed by atoms with Gasteiger partial charge in [-0.2, -0.15) is 5.10 Å². The summed E-state index contributed by atoms with van der Waals surface area (Å²) in [5.41, 5.74) is -0.195. The first-order valence-electron chi connectivity index (χ1n) is 10.2. The molecule has 174 valence electrons. The SMILES string of the molecule is CN(Cc1cc(F)cc(F)c1F)C(=O)C1CCN(c2ncc(F)c(-c3ncnn3C)n2)CC1. The highest BCUT2D eigenvalue weighted by atomic mass is 19.2. The minimum atomic E-state index is -1.29. The van der Waals surface area contributed by atoms with Crippen molar-refractivity contribution in [1.29, 1.82) is 0 Å². The summed E-state index contributed by atoms with van der Waals surface area (Å²) in [6, 6.07) is 1.34. The first-order valence-corrected chi connectivity index (χ1v) is 10.2. The van der Waals surface area contributed by atoms with E-state index in [1.807, 2.05) is 4.90 Å². The van der Waals surface area contributed by atoms with Crippen LogP contribution in [0.2, 0.25) is 0 Å². The highest BCUT2D eigenvalue weighted by Gasteiger charge is 2.29. The van der Waals surface area contributed by atoms with Crippen molar-refractivity contribution in [3.8, 4) is 11.5 Å². The van der Waals surface area contributed by atoms with Crippen LogP contribution in [0.25, 0.3) is 11.5 Å². The number of aryl methyl sites for hydroxylation is 1. The van der Waals surface area contributed by atoms with Gasteiger partial charge in [-0.15, -0.1) is 0 Å². The summed E-state index contributed by atoms with van der Waals surface area (Å²) in [5.74, 6) is -4.02. The number of aromatic nitrogens is 5. The van der Waals surface area contributed by atoms with E-state index in [2.05, 4.69) is 20.1 Å². The second kappa shape index (κ2) is 9.12. The lowest BCUT2D eigenvalue weighted by Crippen LogP contribution is -2.41. The molecule has 1 saturated heterocycles. The van der Waals surface area contributed by atoms with Crippen molar-refractivity contribution in [2.75, 3.05) is 25.0 Å². The molecular weight excluding hydrogens is 442 g/mol. The van der Waals surface area contributed by atoms with Crippen LogP contribution in [0.15, 0.2) is 24.7 Å². The largest absolute Gasteiger partial charge is 0.341 e. The third-order valence-corrected chi connectivity index (χ3v) is 5.63. The van der Waals surface area contributed by atoms with E-state index in [4.69, 9.17) is 0 Å². The van der Waals surface area contributed by atoms with Gasteiger partial charge in [-0.25, -0.2) is 37.2 Å². The Morgan fingerprint density at radius 2 is 1.85 bits per heavy atom. The number of hydrogen-bond donors (Lipinski definition) is 0. The molecule has 12 heteroatoms. The summed E-state index contributed by atoms with van der Waals surface area (Å²) in [6.45, 7) is 0.635. The van der Waals surface area contributed by atoms with Crippen LogP contribution in [0.5, 0.6) is 0 Å². The van der Waals surface area contributed by atoms with Crippen LogP contribution in [-0.2, 0) is 18.4 Å². The van der Waals surface area contributed by atoms with E-state index in [9.17, 15) is 22.4 Å². The number of carbonyl (C=O) groups is 1. The third kappa shape index (κ3) is 4.64. The van der Waals surface area contributed by atoms with Crippen molar-refractivity contribution < 1.29 is 22.4 Å². The summed E-state index contributed by atoms with van der Waals surface area (Å²) < 4.78 is 56.5. The fraction of sp³-hybridized carbons (Fsp3) is 0.381. The van der Waals surface area contributed by atoms with E-state index >= 15 is 0 Å². The Morgan fingerprint density at radius 1 is 1.12 bits per heavy atom. The molecule has 1 aliphatic rings. The molecule has 0 bridgehead atoms. The van der Waals surface area contributed by atoms with Gasteiger partial charge in [0.05, 0.1) is 6.20 Å². The number of amides is 1. The van der Waals surface area contributed by atoms with Gasteiger partial charge in [-0.05, 0) is 18.9 Å². The van der Waals surface area contributed by atoms with Gasteiger partial charge in [0, 0.05) is 51.3 Å². The molecule has 1 amide bonds. The van der Waals surface area contributed by atoms with Gasteiger partial charge in [-0.3, -0.25) is 4.79 Å². The Balaban J connectivity index is 1.41. The van der Waals surface area contributed by atoms with E-state index in [1.54, 1.807) is 7.05 Å². The van der Waals surface area contributed by atoms with Crippen LogP contribution < -0.4 is 4.90 Å². The second-order valence-corrected chi connectivity index (χ2v) is 7.89. The zero-order valence-electron chi connectivity index (χ0n) is 18.0. The lowest BCUT2D eigenvalue weighted by atomic mass is 9.95. The van der Waals surface area contributed by atoms with Crippen LogP contribution in [0.4, 0.5) is 23.5 Å². The molecule has 0 radical (unpaired) electrons. The highest BCUT2D eigenvalue weighted by Crippen LogP contribution is 2.26. The highest BCUT2D eigenvalue weighted by molar-refractivity contribution is 5.79. The molecule has 2 aromatic heterocycles. The molecule has 1 aromatic carbocycles. The predicted molar refractivity (Wildman–Crippen MR) is 110 cm³/mol. The molecular formula is C21H21F4N7O. The normalized spacial score (nSPS) is 14.5. The lowest BCUT2D eigenvalue weighted by molar-refractivity contribution is -0.135. The second-order valence-electron chi connectivity index (χ2n) is 7.89. The average molecular weight is 463 g/mol. The number of carbonyl (C=O) groups excluding carboxylic acids is 1. The third-order valence-electron chi connectivity index (χ3n) is 5.63. The summed E-state index contributed by atoms with van der Waals surface area (Å²) in [7, 11) is 3.09. The van der Waals surface area contributed by atoms with Gasteiger partial charge >= 0.3 is 0 Å². The number of rotatable bonds is 5. The quantitative estimate of drug-likeness (QED) is 0.428. The number of halogens is 4. The van der Waals surface area contributed by atoms with Crippen LogP contribution in [0.3, 0.4) is 0 Å². The van der Waals surface area contributed by atoms with E-state index < -0.39 is 23.3 Å². The van der Waals surface area contributed by atoms with Crippen molar-refractivity contribution in [2.45, 2.75) is 19.4 Å². The minimum absolute atomic E-state index is 0.0299. The smallest absolute Gasteiger partial charge is 0.226 e. The minimum Gasteiger partial charge on any atom is -0.341 e. The van der Waals surface area contributed by atoms with Crippen molar-refractivity contribution >= 4 is 11.9 Å². The molecule has 0 saturated carbocycles. The molecule has 0 aliphatic carbocycles. The average Bonchev–Trinajstić information content (AvgIpc) is 3.22. The number of benzene rings is 1. The van der Waals surface area contributed by atoms with Gasteiger partial charge in [0.2, 0.25) is 11.9 Å². The maximum absolute atomic E-state index is 14.2. The Kier molecular flexibility index (Phi) is 6.25. The van der Waals surface area contributed by atoms with Crippen LogP contribution in [0.1, 0.15) is 18.4 Å². The standard InChI is InChI=1S/C21H21F4N7O/c1-30(10-13-7-14(22)8-15(23)17(13)25)20(33)12-3-5-32(6-4-12)21-26-9-16(24)18(29-21)19-27-11-28-31(19)2/h7-9,11-12H,3-6,10H2,1-2H3. The Morgan fingerprint density at radius 3 is 2.52 bits per heavy atom. The Bertz CT molecular complexity index is 1180. The van der Waals surface area contributed by atoms with Crippen molar-refractivity contribution in [1.82, 2.24) is 29.6 Å². The van der Waals surface area contributed by atoms with Crippen molar-refractivity contribution in [3.63, 3.8) is 0 Å². The maximum Gasteiger partial charge on any atom is 0.226 e. The summed E-state index contributed by atoms with van der Waals surface area (Å²) >= 11 is 0. The van der Waals surface area contributed by atoms with Crippen molar-refractivity contribution in [3.05, 3.63) is 53.5 Å². The molecule has 0 atom stereocenters.